The van der Waals surface area contributed by atoms with Crippen molar-refractivity contribution in [1.29, 1.82) is 0 Å². The van der Waals surface area contributed by atoms with Gasteiger partial charge in [0.2, 0.25) is 0 Å². The first-order chi connectivity index (χ1) is 8.95. The van der Waals surface area contributed by atoms with Crippen LogP contribution >= 0.6 is 0 Å². The molecule has 2 rings (SSSR count). The van der Waals surface area contributed by atoms with E-state index in [1.165, 1.54) is 11.1 Å². The van der Waals surface area contributed by atoms with E-state index in [1.54, 1.807) is 0 Å². The summed E-state index contributed by atoms with van der Waals surface area (Å²) >= 11 is 1.21. The van der Waals surface area contributed by atoms with Crippen LogP contribution in [-0.2, 0) is 0 Å². The monoisotopic (exact) mass is 366 g/mol. The number of hydrogen-bond acceptors (Lipinski definition) is 0. The fourth-order valence-electron chi connectivity index (χ4n) is 1.41. The Hall–Kier alpha value is -1.04. The topological polar surface area (TPSA) is 0 Å². The van der Waals surface area contributed by atoms with E-state index in [1.807, 2.05) is 0 Å². The molecule has 0 heterocycles. The van der Waals surface area contributed by atoms with Gasteiger partial charge < -0.3 is 0 Å². The summed E-state index contributed by atoms with van der Waals surface area (Å²) in [6.45, 7) is 0. The number of benzene rings is 2. The average molecular weight is 364 g/mol. The van der Waals surface area contributed by atoms with Crippen molar-refractivity contribution in [3.63, 3.8) is 0 Å². The molecule has 2 aromatic carbocycles. The van der Waals surface area contributed by atoms with E-state index in [-0.39, 0.29) is 0 Å². The third-order valence-corrected chi connectivity index (χ3v) is 7.19. The molecule has 0 N–H and O–H groups in total. The third-order valence-electron chi connectivity index (χ3n) is 2.29. The third kappa shape index (κ3) is 5.08. The summed E-state index contributed by atoms with van der Waals surface area (Å²) in [5.74, 6) is 0. The minimum absolute atomic E-state index is 0.605. The second-order valence-corrected chi connectivity index (χ2v) is 9.77. The summed E-state index contributed by atoms with van der Waals surface area (Å²) in [5.41, 5.74) is 2.59. The van der Waals surface area contributed by atoms with Crippen molar-refractivity contribution in [1.82, 2.24) is 0 Å². The molecule has 0 aliphatic rings. The molecule has 0 bridgehead atoms. The van der Waals surface area contributed by atoms with Gasteiger partial charge in [-0.05, 0) is 0 Å². The van der Waals surface area contributed by atoms with Gasteiger partial charge in [0.15, 0.2) is 0 Å². The normalized spacial score (nSPS) is 11.3. The van der Waals surface area contributed by atoms with Crippen LogP contribution in [0.1, 0.15) is 11.1 Å². The first kappa shape index (κ1) is 13.4. The van der Waals surface area contributed by atoms with Crippen LogP contribution in [0.2, 0.25) is 0 Å². The maximum absolute atomic E-state index is 2.32. The van der Waals surface area contributed by atoms with E-state index in [9.17, 15) is 0 Å². The fraction of sp³-hybridized carbons (Fsp3) is 0. The van der Waals surface area contributed by atoms with Crippen molar-refractivity contribution < 1.29 is 0 Å². The van der Waals surface area contributed by atoms with Gasteiger partial charge in [-0.15, -0.1) is 0 Å². The first-order valence-electron chi connectivity index (χ1n) is 5.70. The molecule has 0 aliphatic heterocycles. The van der Waals surface area contributed by atoms with Crippen molar-refractivity contribution in [3.05, 3.63) is 81.7 Å². The van der Waals surface area contributed by atoms with Crippen LogP contribution in [0.4, 0.5) is 0 Å². The standard InChI is InChI=1S/C16H14Se2/c1-3-7-15(8-4-1)11-13-17-18-14-12-16-9-5-2-6-10-16/h1-14H/b13-11+,14-12+. The minimum atomic E-state index is 0.605. The SMILES string of the molecule is C(=C\c1ccccc1)/[Se][Se]/C=C/c1ccccc1. The van der Waals surface area contributed by atoms with Crippen molar-refractivity contribution in [2.45, 2.75) is 0 Å². The molecule has 2 aromatic rings. The molecular formula is C16H14Se2. The van der Waals surface area contributed by atoms with E-state index in [0.717, 1.165) is 0 Å². The first-order valence-corrected chi connectivity index (χ1v) is 12.0. The van der Waals surface area contributed by atoms with Gasteiger partial charge in [-0.2, -0.15) is 0 Å². The molecule has 0 saturated carbocycles. The summed E-state index contributed by atoms with van der Waals surface area (Å²) in [4.78, 5) is 4.63. The summed E-state index contributed by atoms with van der Waals surface area (Å²) in [6, 6.07) is 21.0. The Morgan fingerprint density at radius 2 is 0.944 bits per heavy atom. The van der Waals surface area contributed by atoms with E-state index in [2.05, 4.69) is 82.8 Å². The van der Waals surface area contributed by atoms with Crippen molar-refractivity contribution in [2.24, 2.45) is 0 Å². The van der Waals surface area contributed by atoms with Crippen molar-refractivity contribution in [2.75, 3.05) is 0 Å². The Kier molecular flexibility index (Phi) is 6.05. The van der Waals surface area contributed by atoms with Crippen LogP contribution in [-0.4, -0.2) is 26.3 Å². The molecular weight excluding hydrogens is 350 g/mol. The van der Waals surface area contributed by atoms with Crippen LogP contribution < -0.4 is 0 Å². The van der Waals surface area contributed by atoms with Gasteiger partial charge in [0.05, 0.1) is 0 Å². The fourth-order valence-corrected chi connectivity index (χ4v) is 5.18. The molecule has 0 radical (unpaired) electrons. The van der Waals surface area contributed by atoms with Crippen LogP contribution in [0.15, 0.2) is 70.6 Å². The van der Waals surface area contributed by atoms with Gasteiger partial charge in [0, 0.05) is 0 Å². The molecule has 0 fully saturated rings. The Morgan fingerprint density at radius 3 is 1.33 bits per heavy atom. The molecule has 2 heteroatoms. The average Bonchev–Trinajstić information content (AvgIpc) is 2.45. The van der Waals surface area contributed by atoms with Crippen LogP contribution in [0.3, 0.4) is 0 Å². The van der Waals surface area contributed by atoms with E-state index in [4.69, 9.17) is 0 Å². The quantitative estimate of drug-likeness (QED) is 0.561. The zero-order valence-corrected chi connectivity index (χ0v) is 13.3. The van der Waals surface area contributed by atoms with Gasteiger partial charge >= 0.3 is 120 Å². The van der Waals surface area contributed by atoms with Gasteiger partial charge in [-0.3, -0.25) is 0 Å². The van der Waals surface area contributed by atoms with Crippen LogP contribution in [0.25, 0.3) is 12.2 Å². The Bertz CT molecular complexity index is 452. The van der Waals surface area contributed by atoms with Gasteiger partial charge in [-0.1, -0.05) is 0 Å². The van der Waals surface area contributed by atoms with Gasteiger partial charge in [-0.25, -0.2) is 0 Å². The summed E-state index contributed by atoms with van der Waals surface area (Å²) in [6.07, 6.45) is 4.44. The van der Waals surface area contributed by atoms with Crippen LogP contribution in [0.5, 0.6) is 0 Å². The van der Waals surface area contributed by atoms with E-state index < -0.39 is 0 Å². The van der Waals surface area contributed by atoms with Crippen molar-refractivity contribution >= 4 is 38.4 Å². The molecule has 0 saturated heterocycles. The maximum atomic E-state index is 2.32. The molecule has 90 valence electrons. The molecule has 18 heavy (non-hydrogen) atoms. The molecule has 0 unspecified atom stereocenters. The van der Waals surface area contributed by atoms with E-state index in [0.29, 0.717) is 26.3 Å². The number of rotatable bonds is 5. The van der Waals surface area contributed by atoms with Gasteiger partial charge in [0.1, 0.15) is 0 Å². The zero-order valence-electron chi connectivity index (χ0n) is 9.90. The summed E-state index contributed by atoms with van der Waals surface area (Å²) < 4.78 is 0. The predicted molar refractivity (Wildman–Crippen MR) is 82.5 cm³/mol. The molecule has 0 aliphatic carbocycles. The second-order valence-electron chi connectivity index (χ2n) is 3.62. The Balaban J connectivity index is 1.73. The van der Waals surface area contributed by atoms with Gasteiger partial charge in [0.25, 0.3) is 0 Å². The zero-order chi connectivity index (χ0) is 12.5. The molecule has 0 aromatic heterocycles. The predicted octanol–water partition coefficient (Wildman–Crippen LogP) is 3.65. The summed E-state index contributed by atoms with van der Waals surface area (Å²) in [7, 11) is 0. The Labute approximate surface area is 120 Å². The van der Waals surface area contributed by atoms with Crippen LogP contribution in [0, 0.1) is 0 Å². The summed E-state index contributed by atoms with van der Waals surface area (Å²) in [5, 5.41) is 0. The molecule has 0 amide bonds. The van der Waals surface area contributed by atoms with Crippen molar-refractivity contribution in [3.8, 4) is 0 Å². The molecule has 0 spiro atoms. The Morgan fingerprint density at radius 1 is 0.556 bits per heavy atom. The molecule has 0 nitrogen and oxygen atoms in total. The van der Waals surface area contributed by atoms with E-state index >= 15 is 0 Å². The second kappa shape index (κ2) is 8.13. The molecule has 0 atom stereocenters. The number of hydrogen-bond donors (Lipinski definition) is 0.